The number of carbonyl (C=O) groups excluding carboxylic acids is 1. The lowest BCUT2D eigenvalue weighted by molar-refractivity contribution is -0.385. The Morgan fingerprint density at radius 2 is 2.26 bits per heavy atom. The lowest BCUT2D eigenvalue weighted by atomic mass is 10.3. The molecule has 2 rings (SSSR count). The van der Waals surface area contributed by atoms with Crippen LogP contribution in [0.4, 0.5) is 5.69 Å². The summed E-state index contributed by atoms with van der Waals surface area (Å²) < 4.78 is 5.66. The standard InChI is InChI=1S/C11H9N3O5/c1-2-19-11(16)8-5-12-9-4-3-7(14(17)18)6-13(9)10(8)15/h3-6H,2H2,1H3. The molecule has 2 heterocycles. The van der Waals surface area contributed by atoms with E-state index in [4.69, 9.17) is 4.74 Å². The number of pyridine rings is 1. The molecule has 19 heavy (non-hydrogen) atoms. The first-order valence-corrected chi connectivity index (χ1v) is 5.37. The van der Waals surface area contributed by atoms with Crippen molar-refractivity contribution >= 4 is 17.3 Å². The van der Waals surface area contributed by atoms with E-state index in [-0.39, 0.29) is 23.5 Å². The van der Waals surface area contributed by atoms with Crippen molar-refractivity contribution in [1.82, 2.24) is 9.38 Å². The van der Waals surface area contributed by atoms with Crippen molar-refractivity contribution in [3.05, 3.63) is 50.6 Å². The molecule has 0 aliphatic carbocycles. The number of hydrogen-bond acceptors (Lipinski definition) is 6. The topological polar surface area (TPSA) is 104 Å². The minimum absolute atomic E-state index is 0.121. The van der Waals surface area contributed by atoms with E-state index < -0.39 is 16.5 Å². The molecule has 0 aromatic carbocycles. The van der Waals surface area contributed by atoms with E-state index in [1.54, 1.807) is 6.92 Å². The number of aromatic nitrogens is 2. The van der Waals surface area contributed by atoms with Crippen LogP contribution in [-0.2, 0) is 4.74 Å². The molecule has 0 spiro atoms. The van der Waals surface area contributed by atoms with Gasteiger partial charge in [-0.15, -0.1) is 0 Å². The van der Waals surface area contributed by atoms with Crippen LogP contribution >= 0.6 is 0 Å². The van der Waals surface area contributed by atoms with E-state index in [0.717, 1.165) is 16.8 Å². The molecule has 8 heteroatoms. The molecule has 0 unspecified atom stereocenters. The fourth-order valence-corrected chi connectivity index (χ4v) is 1.52. The number of ether oxygens (including phenoxy) is 1. The van der Waals surface area contributed by atoms with Gasteiger partial charge in [0.05, 0.1) is 17.7 Å². The third-order valence-corrected chi connectivity index (χ3v) is 2.39. The molecule has 0 saturated carbocycles. The molecule has 0 aliphatic heterocycles. The normalized spacial score (nSPS) is 10.4. The second-order valence-corrected chi connectivity index (χ2v) is 3.57. The number of nitro groups is 1. The lowest BCUT2D eigenvalue weighted by Crippen LogP contribution is -2.24. The maximum Gasteiger partial charge on any atom is 0.345 e. The smallest absolute Gasteiger partial charge is 0.345 e. The molecule has 0 aliphatic rings. The molecule has 0 radical (unpaired) electrons. The van der Waals surface area contributed by atoms with Crippen molar-refractivity contribution in [2.75, 3.05) is 6.61 Å². The van der Waals surface area contributed by atoms with E-state index in [1.807, 2.05) is 0 Å². The van der Waals surface area contributed by atoms with E-state index >= 15 is 0 Å². The quantitative estimate of drug-likeness (QED) is 0.460. The van der Waals surface area contributed by atoms with Gasteiger partial charge in [-0.1, -0.05) is 0 Å². The van der Waals surface area contributed by atoms with Gasteiger partial charge in [-0.05, 0) is 13.0 Å². The minimum atomic E-state index is -0.805. The molecule has 0 amide bonds. The van der Waals surface area contributed by atoms with Crippen molar-refractivity contribution in [2.24, 2.45) is 0 Å². The Balaban J connectivity index is 2.65. The minimum Gasteiger partial charge on any atom is -0.462 e. The molecule has 0 bridgehead atoms. The second kappa shape index (κ2) is 4.84. The van der Waals surface area contributed by atoms with E-state index in [9.17, 15) is 19.7 Å². The van der Waals surface area contributed by atoms with Crippen LogP contribution in [-0.4, -0.2) is 26.9 Å². The van der Waals surface area contributed by atoms with Crippen LogP contribution in [0.1, 0.15) is 17.3 Å². The fourth-order valence-electron chi connectivity index (χ4n) is 1.52. The number of carbonyl (C=O) groups is 1. The van der Waals surface area contributed by atoms with E-state index in [0.29, 0.717) is 0 Å². The third kappa shape index (κ3) is 2.28. The summed E-state index contributed by atoms with van der Waals surface area (Å²) in [6, 6.07) is 2.56. The average Bonchev–Trinajstić information content (AvgIpc) is 2.39. The first-order chi connectivity index (χ1) is 9.04. The van der Waals surface area contributed by atoms with E-state index in [1.165, 1.54) is 12.1 Å². The molecule has 2 aromatic heterocycles. The predicted octanol–water partition coefficient (Wildman–Crippen LogP) is 0.779. The van der Waals surface area contributed by atoms with Crippen molar-refractivity contribution < 1.29 is 14.5 Å². The number of hydrogen-bond donors (Lipinski definition) is 0. The molecule has 0 saturated heterocycles. The second-order valence-electron chi connectivity index (χ2n) is 3.57. The van der Waals surface area contributed by atoms with Gasteiger partial charge in [0, 0.05) is 12.3 Å². The molecule has 0 fully saturated rings. The molecule has 2 aromatic rings. The molecule has 0 N–H and O–H groups in total. The van der Waals surface area contributed by atoms with E-state index in [2.05, 4.69) is 4.98 Å². The van der Waals surface area contributed by atoms with Crippen molar-refractivity contribution in [3.8, 4) is 0 Å². The number of fused-ring (bicyclic) bond motifs is 1. The SMILES string of the molecule is CCOC(=O)c1cnc2ccc([N+](=O)[O-])cn2c1=O. The number of nitrogens with zero attached hydrogens (tertiary/aromatic N) is 3. The van der Waals surface area contributed by atoms with Crippen LogP contribution in [0.15, 0.2) is 29.3 Å². The predicted molar refractivity (Wildman–Crippen MR) is 64.1 cm³/mol. The number of esters is 1. The zero-order valence-electron chi connectivity index (χ0n) is 9.90. The monoisotopic (exact) mass is 263 g/mol. The summed E-state index contributed by atoms with van der Waals surface area (Å²) in [5.41, 5.74) is -1.02. The van der Waals surface area contributed by atoms with Crippen LogP contribution in [0.5, 0.6) is 0 Å². The van der Waals surface area contributed by atoms with Gasteiger partial charge < -0.3 is 4.74 Å². The number of rotatable bonds is 3. The van der Waals surface area contributed by atoms with Crippen molar-refractivity contribution in [3.63, 3.8) is 0 Å². The highest BCUT2D eigenvalue weighted by Crippen LogP contribution is 2.10. The zero-order chi connectivity index (χ0) is 14.0. The Morgan fingerprint density at radius 1 is 1.53 bits per heavy atom. The van der Waals surface area contributed by atoms with Crippen molar-refractivity contribution in [1.29, 1.82) is 0 Å². The Kier molecular flexibility index (Phi) is 3.23. The Hall–Kier alpha value is -2.77. The van der Waals surface area contributed by atoms with Gasteiger partial charge in [0.15, 0.2) is 0 Å². The highest BCUT2D eigenvalue weighted by atomic mass is 16.6. The molecule has 0 atom stereocenters. The molecular formula is C11H9N3O5. The van der Waals surface area contributed by atoms with Gasteiger partial charge in [-0.25, -0.2) is 9.78 Å². The summed E-state index contributed by atoms with van der Waals surface area (Å²) in [4.78, 5) is 37.4. The van der Waals surface area contributed by atoms with Gasteiger partial charge >= 0.3 is 5.97 Å². The fraction of sp³-hybridized carbons (Fsp3) is 0.182. The lowest BCUT2D eigenvalue weighted by Gasteiger charge is -2.03. The Bertz CT molecular complexity index is 722. The van der Waals surface area contributed by atoms with Gasteiger partial charge in [0.25, 0.3) is 11.2 Å². The summed E-state index contributed by atoms with van der Waals surface area (Å²) >= 11 is 0. The van der Waals surface area contributed by atoms with Crippen LogP contribution < -0.4 is 5.56 Å². The van der Waals surface area contributed by atoms with Gasteiger partial charge in [-0.2, -0.15) is 0 Å². The van der Waals surface area contributed by atoms with Gasteiger partial charge in [0.1, 0.15) is 11.2 Å². The van der Waals surface area contributed by atoms with Crippen LogP contribution in [0.25, 0.3) is 5.65 Å². The van der Waals surface area contributed by atoms with Crippen LogP contribution in [0, 0.1) is 10.1 Å². The third-order valence-electron chi connectivity index (χ3n) is 2.39. The molecule has 98 valence electrons. The Labute approximate surface area is 106 Å². The summed E-state index contributed by atoms with van der Waals surface area (Å²) in [7, 11) is 0. The molecular weight excluding hydrogens is 254 g/mol. The molecule has 8 nitrogen and oxygen atoms in total. The maximum absolute atomic E-state index is 12.0. The average molecular weight is 263 g/mol. The Morgan fingerprint density at radius 3 is 2.89 bits per heavy atom. The maximum atomic E-state index is 12.0. The van der Waals surface area contributed by atoms with Gasteiger partial charge in [0.2, 0.25) is 0 Å². The highest BCUT2D eigenvalue weighted by molar-refractivity contribution is 5.88. The first-order valence-electron chi connectivity index (χ1n) is 5.37. The first kappa shape index (κ1) is 12.7. The summed E-state index contributed by atoms with van der Waals surface area (Å²) in [5.74, 6) is -0.805. The summed E-state index contributed by atoms with van der Waals surface area (Å²) in [6.45, 7) is 1.73. The van der Waals surface area contributed by atoms with Crippen LogP contribution in [0.3, 0.4) is 0 Å². The highest BCUT2D eigenvalue weighted by Gasteiger charge is 2.16. The largest absolute Gasteiger partial charge is 0.462 e. The summed E-state index contributed by atoms with van der Waals surface area (Å²) in [6.07, 6.45) is 2.12. The summed E-state index contributed by atoms with van der Waals surface area (Å²) in [5, 5.41) is 10.7. The van der Waals surface area contributed by atoms with Gasteiger partial charge in [-0.3, -0.25) is 19.3 Å². The van der Waals surface area contributed by atoms with Crippen molar-refractivity contribution in [2.45, 2.75) is 6.92 Å². The van der Waals surface area contributed by atoms with Crippen LogP contribution in [0.2, 0.25) is 0 Å². The zero-order valence-corrected chi connectivity index (χ0v) is 9.90.